The zero-order valence-corrected chi connectivity index (χ0v) is 29.4. The Morgan fingerprint density at radius 2 is 1.75 bits per heavy atom. The van der Waals surface area contributed by atoms with Gasteiger partial charge in [-0.15, -0.1) is 0 Å². The summed E-state index contributed by atoms with van der Waals surface area (Å²) < 4.78 is 20.9. The standard InChI is InChI=1S/C40H39FN6O5/c1-23-4-5-27(37-24(2)44-50-25(37)3)14-32(23)46(29-8-6-28(7-9-29)40(20-42)12-13-40)19-26-17-39(18-26)21-45(22-39)33-16-35-34(15-30(33)41)51-47(52-35)31-10-11-36(48)43-38(31)49/h4-9,14-16,26,31H,10-13,17-19,21-22H2,1-3H3,(H,43,48,49). The first-order valence-electron chi connectivity index (χ1n) is 17.9. The highest BCUT2D eigenvalue weighted by molar-refractivity contribution is 6.00. The lowest BCUT2D eigenvalue weighted by Gasteiger charge is -2.60. The van der Waals surface area contributed by atoms with Crippen LogP contribution in [0.15, 0.2) is 59.1 Å². The number of rotatable bonds is 8. The molecule has 266 valence electrons. The fraction of sp³-hybridized carbons (Fsp3) is 0.400. The third-order valence-electron chi connectivity index (χ3n) is 11.6. The van der Waals surface area contributed by atoms with E-state index >= 15 is 4.39 Å². The molecule has 5 aliphatic rings. The molecule has 2 saturated carbocycles. The van der Waals surface area contributed by atoms with Crippen LogP contribution in [-0.2, 0) is 15.0 Å². The second-order valence-electron chi connectivity index (χ2n) is 15.4. The minimum Gasteiger partial charge on any atom is -0.368 e. The van der Waals surface area contributed by atoms with E-state index in [9.17, 15) is 14.9 Å². The molecule has 3 aliphatic heterocycles. The molecule has 11 nitrogen and oxygen atoms in total. The topological polar surface area (TPSA) is 124 Å². The number of carbonyl (C=O) groups is 2. The number of anilines is 3. The molecule has 4 fully saturated rings. The largest absolute Gasteiger partial charge is 0.368 e. The Labute approximate surface area is 300 Å². The van der Waals surface area contributed by atoms with Crippen molar-refractivity contribution in [1.82, 2.24) is 15.7 Å². The van der Waals surface area contributed by atoms with E-state index in [0.29, 0.717) is 17.4 Å². The summed E-state index contributed by atoms with van der Waals surface area (Å²) in [6.45, 7) is 8.34. The van der Waals surface area contributed by atoms with Gasteiger partial charge in [-0.1, -0.05) is 29.4 Å². The molecule has 0 radical (unpaired) electrons. The number of halogens is 1. The molecular formula is C40H39FN6O5. The number of hydroxylamine groups is 2. The number of imide groups is 1. The monoisotopic (exact) mass is 702 g/mol. The number of benzene rings is 3. The molecule has 52 heavy (non-hydrogen) atoms. The van der Waals surface area contributed by atoms with E-state index in [-0.39, 0.29) is 35.3 Å². The van der Waals surface area contributed by atoms with Crippen molar-refractivity contribution >= 4 is 28.9 Å². The normalized spacial score (nSPS) is 21.4. The summed E-state index contributed by atoms with van der Waals surface area (Å²) in [5, 5.41) is 17.3. The average molecular weight is 703 g/mol. The van der Waals surface area contributed by atoms with E-state index < -0.39 is 17.8 Å². The van der Waals surface area contributed by atoms with Crippen molar-refractivity contribution < 1.29 is 28.2 Å². The molecule has 2 saturated heterocycles. The van der Waals surface area contributed by atoms with Crippen LogP contribution in [0.1, 0.15) is 61.1 Å². The molecule has 3 aromatic carbocycles. The van der Waals surface area contributed by atoms with Gasteiger partial charge in [0.1, 0.15) is 5.76 Å². The number of aromatic nitrogens is 1. The van der Waals surface area contributed by atoms with Crippen molar-refractivity contribution in [2.24, 2.45) is 11.3 Å². The Morgan fingerprint density at radius 1 is 1.02 bits per heavy atom. The third kappa shape index (κ3) is 5.37. The van der Waals surface area contributed by atoms with Gasteiger partial charge in [0.25, 0.3) is 5.91 Å². The first kappa shape index (κ1) is 32.5. The molecule has 2 aliphatic carbocycles. The highest BCUT2D eigenvalue weighted by atomic mass is 19.1. The van der Waals surface area contributed by atoms with Gasteiger partial charge in [0, 0.05) is 65.8 Å². The van der Waals surface area contributed by atoms with E-state index in [1.165, 1.54) is 6.07 Å². The summed E-state index contributed by atoms with van der Waals surface area (Å²) in [6.07, 6.45) is 4.28. The van der Waals surface area contributed by atoms with Crippen LogP contribution in [0.3, 0.4) is 0 Å². The van der Waals surface area contributed by atoms with Crippen molar-refractivity contribution in [3.63, 3.8) is 0 Å². The van der Waals surface area contributed by atoms with E-state index in [1.807, 2.05) is 18.7 Å². The van der Waals surface area contributed by atoms with Crippen LogP contribution in [0.4, 0.5) is 21.5 Å². The SMILES string of the molecule is Cc1ccc(-c2c(C)noc2C)cc1N(CC1CC2(C1)CN(c1cc3c(cc1F)ON(C1CCC(=O)NC1=O)O3)C2)c1ccc(C2(C#N)CC2)cc1. The lowest BCUT2D eigenvalue weighted by Crippen LogP contribution is -2.63. The van der Waals surface area contributed by atoms with Crippen LogP contribution in [0.25, 0.3) is 11.1 Å². The van der Waals surface area contributed by atoms with E-state index in [1.54, 1.807) is 6.07 Å². The van der Waals surface area contributed by atoms with Crippen LogP contribution < -0.4 is 24.8 Å². The van der Waals surface area contributed by atoms with Crippen molar-refractivity contribution in [3.8, 4) is 28.7 Å². The van der Waals surface area contributed by atoms with E-state index in [0.717, 1.165) is 95.6 Å². The van der Waals surface area contributed by atoms with Crippen LogP contribution in [0, 0.1) is 49.3 Å². The van der Waals surface area contributed by atoms with Gasteiger partial charge in [-0.2, -0.15) is 5.26 Å². The van der Waals surface area contributed by atoms with Gasteiger partial charge >= 0.3 is 0 Å². The maximum absolute atomic E-state index is 15.4. The van der Waals surface area contributed by atoms with Gasteiger partial charge in [0.05, 0.1) is 22.9 Å². The summed E-state index contributed by atoms with van der Waals surface area (Å²) in [6, 6.07) is 19.7. The molecule has 12 heteroatoms. The molecule has 1 N–H and O–H groups in total. The summed E-state index contributed by atoms with van der Waals surface area (Å²) >= 11 is 0. The minimum absolute atomic E-state index is 0.112. The van der Waals surface area contributed by atoms with Crippen LogP contribution in [-0.4, -0.2) is 47.9 Å². The minimum atomic E-state index is -0.803. The van der Waals surface area contributed by atoms with Gasteiger partial charge < -0.3 is 24.0 Å². The Kier molecular flexibility index (Phi) is 7.38. The molecule has 4 aromatic rings. The van der Waals surface area contributed by atoms with Crippen molar-refractivity contribution in [2.75, 3.05) is 29.4 Å². The lowest BCUT2D eigenvalue weighted by molar-refractivity contribution is -0.252. The predicted octanol–water partition coefficient (Wildman–Crippen LogP) is 6.72. The van der Waals surface area contributed by atoms with Gasteiger partial charge in [0.15, 0.2) is 23.4 Å². The van der Waals surface area contributed by atoms with Gasteiger partial charge in [-0.3, -0.25) is 14.9 Å². The van der Waals surface area contributed by atoms with Gasteiger partial charge in [-0.05, 0) is 93.7 Å². The summed E-state index contributed by atoms with van der Waals surface area (Å²) in [5.74, 6) is 0.512. The second kappa shape index (κ2) is 11.8. The number of aryl methyl sites for hydroxylation is 3. The first-order valence-corrected chi connectivity index (χ1v) is 17.9. The molecule has 0 bridgehead atoms. The number of carbonyl (C=O) groups excluding carboxylic acids is 2. The first-order chi connectivity index (χ1) is 25.0. The van der Waals surface area contributed by atoms with E-state index in [4.69, 9.17) is 14.2 Å². The third-order valence-corrected chi connectivity index (χ3v) is 11.6. The molecular weight excluding hydrogens is 663 g/mol. The van der Waals surface area contributed by atoms with Crippen LogP contribution in [0.5, 0.6) is 11.5 Å². The molecule has 4 heterocycles. The molecule has 2 amide bonds. The number of fused-ring (bicyclic) bond motifs is 1. The van der Waals surface area contributed by atoms with Crippen LogP contribution >= 0.6 is 0 Å². The summed E-state index contributed by atoms with van der Waals surface area (Å²) in [7, 11) is 0. The Balaban J connectivity index is 0.911. The predicted molar refractivity (Wildman–Crippen MR) is 189 cm³/mol. The zero-order valence-electron chi connectivity index (χ0n) is 29.4. The molecule has 1 atom stereocenters. The summed E-state index contributed by atoms with van der Waals surface area (Å²) in [5.41, 5.74) is 7.59. The van der Waals surface area contributed by atoms with Crippen molar-refractivity contribution in [3.05, 3.63) is 83.0 Å². The maximum Gasteiger partial charge on any atom is 0.251 e. The number of hydrogen-bond donors (Lipinski definition) is 1. The molecule has 1 unspecified atom stereocenters. The molecule has 1 aromatic heterocycles. The fourth-order valence-corrected chi connectivity index (χ4v) is 8.72. The Hall–Kier alpha value is -5.41. The number of amides is 2. The Morgan fingerprint density at radius 3 is 2.40 bits per heavy atom. The van der Waals surface area contributed by atoms with Gasteiger partial charge in [0.2, 0.25) is 5.91 Å². The average Bonchev–Trinajstić information content (AvgIpc) is 3.68. The summed E-state index contributed by atoms with van der Waals surface area (Å²) in [4.78, 5) is 39.8. The second-order valence-corrected chi connectivity index (χ2v) is 15.4. The van der Waals surface area contributed by atoms with Crippen molar-refractivity contribution in [2.45, 2.75) is 70.8 Å². The number of nitriles is 1. The lowest BCUT2D eigenvalue weighted by atomic mass is 9.57. The van der Waals surface area contributed by atoms with Crippen molar-refractivity contribution in [1.29, 1.82) is 5.26 Å². The molecule has 9 rings (SSSR count). The smallest absolute Gasteiger partial charge is 0.251 e. The van der Waals surface area contributed by atoms with E-state index in [2.05, 4.69) is 70.8 Å². The number of nitrogens with zero attached hydrogens (tertiary/aromatic N) is 5. The Bertz CT molecular complexity index is 2140. The number of nitrogens with one attached hydrogen (secondary N) is 1. The van der Waals surface area contributed by atoms with Crippen LogP contribution in [0.2, 0.25) is 0 Å². The maximum atomic E-state index is 15.4. The molecule has 1 spiro atoms. The number of hydrogen-bond acceptors (Lipinski definition) is 10. The fourth-order valence-electron chi connectivity index (χ4n) is 8.72. The quantitative estimate of drug-likeness (QED) is 0.198. The number of piperidine rings is 1. The zero-order chi connectivity index (χ0) is 35.9. The highest BCUT2D eigenvalue weighted by Crippen LogP contribution is 2.55. The van der Waals surface area contributed by atoms with Gasteiger partial charge in [-0.25, -0.2) is 4.39 Å². The highest BCUT2D eigenvalue weighted by Gasteiger charge is 2.53.